The maximum atomic E-state index is 11.9. The second-order valence-electron chi connectivity index (χ2n) is 27.5. The number of benzene rings is 5. The molecule has 0 aromatic heterocycles. The van der Waals surface area contributed by atoms with E-state index < -0.39 is 72.5 Å². The number of aryl methyl sites for hydroxylation is 12. The number of nitrogens with zero attached hydrogens (tertiary/aromatic N) is 6. The van der Waals surface area contributed by atoms with Crippen LogP contribution in [0.15, 0.2) is 91.6 Å². The van der Waals surface area contributed by atoms with E-state index in [9.17, 15) is 43.2 Å². The summed E-state index contributed by atoms with van der Waals surface area (Å²) in [7, 11) is 18.2. The molecule has 0 N–H and O–H groups in total. The van der Waals surface area contributed by atoms with Gasteiger partial charge in [0.1, 0.15) is 6.54 Å². The fourth-order valence-electron chi connectivity index (χ4n) is 15.1. The van der Waals surface area contributed by atoms with Gasteiger partial charge in [0.2, 0.25) is 10.0 Å². The molecule has 0 radical (unpaired) electrons. The Labute approximate surface area is 654 Å². The zero-order valence-electron chi connectivity index (χ0n) is 62.0. The molecule has 0 bridgehead atoms. The van der Waals surface area contributed by atoms with Crippen molar-refractivity contribution >= 4 is 109 Å². The molecule has 2 aliphatic heterocycles. The first-order valence-electron chi connectivity index (χ1n) is 34.6. The molecule has 3 aliphatic carbocycles. The van der Waals surface area contributed by atoms with E-state index in [1.165, 1.54) is 106 Å². The molecule has 5 aromatic rings. The first-order chi connectivity index (χ1) is 48.2. The van der Waals surface area contributed by atoms with Crippen molar-refractivity contribution in [3.8, 4) is 0 Å². The van der Waals surface area contributed by atoms with Crippen LogP contribution in [0.4, 0.5) is 49.1 Å². The number of halogens is 11. The molecule has 103 heavy (non-hydrogen) atoms. The monoisotopic (exact) mass is 1820 g/mol. The van der Waals surface area contributed by atoms with Crippen molar-refractivity contribution in [3.05, 3.63) is 177 Å². The third-order valence-corrected chi connectivity index (χ3v) is 29.2. The van der Waals surface area contributed by atoms with E-state index in [2.05, 4.69) is 196 Å². The normalized spacial score (nSPS) is 16.4. The number of rotatable bonds is 14. The molecule has 0 amide bonds. The van der Waals surface area contributed by atoms with Gasteiger partial charge in [-0.05, 0) is 205 Å². The molecule has 5 fully saturated rings. The molecule has 27 heteroatoms. The van der Waals surface area contributed by atoms with Gasteiger partial charge < -0.3 is 19.6 Å². The zero-order chi connectivity index (χ0) is 77.3. The van der Waals surface area contributed by atoms with Gasteiger partial charge >= 0.3 is 197 Å². The molecule has 0 atom stereocenters. The van der Waals surface area contributed by atoms with Crippen molar-refractivity contribution in [2.24, 2.45) is 0 Å². The van der Waals surface area contributed by atoms with Crippen LogP contribution >= 0.6 is 56.8 Å². The Bertz CT molecular complexity index is 3410. The number of hydrogen-bond acceptors (Lipinski definition) is 8. The van der Waals surface area contributed by atoms with Crippen LogP contribution in [0.3, 0.4) is 0 Å². The average Bonchev–Trinajstić information content (AvgIpc) is 1.70. The van der Waals surface area contributed by atoms with Crippen molar-refractivity contribution in [1.82, 2.24) is 8.61 Å². The van der Waals surface area contributed by atoms with Crippen LogP contribution in [0, 0.1) is 96.4 Å². The first-order valence-corrected chi connectivity index (χ1v) is 52.3. The quantitative estimate of drug-likeness (QED) is 0.0470. The molecule has 10 rings (SSSR count). The number of hydrogen-bond donors (Lipinski definition) is 0. The van der Waals surface area contributed by atoms with E-state index in [1.807, 2.05) is 34.9 Å². The third-order valence-electron chi connectivity index (χ3n) is 18.5. The number of sulfonamides is 2. The third kappa shape index (κ3) is 32.3. The minimum atomic E-state index is -4.61. The summed E-state index contributed by atoms with van der Waals surface area (Å²) in [6.07, 6.45) is 16.6. The van der Waals surface area contributed by atoms with E-state index in [1.54, 1.807) is 96.3 Å². The molecule has 588 valence electrons. The fraction of sp³-hybridized carbons (Fsp3) is 0.526. The Morgan fingerprint density at radius 2 is 0.718 bits per heavy atom. The maximum absolute atomic E-state index is 11.9. The molecular formula is C76H108Cl5CuF6N6O4PRu2S2-. The number of anilines is 4. The molecule has 10 nitrogen and oxygen atoms in total. The standard InChI is InChI=1S/2C21H27N2.C18H33P.C7H6.C5H8F3NO2S.C4H6F3NO2S.5ClH.Cu.2Ru/c2*1-14-9-16(3)20(17(4)10-14)22-7-8-23(13-22)21-18(5)11-15(2)12-19(21)6;1-4-10-16(11-5-1)19(17-12-6-2-7-13-17)18-14-8-3-9-15-18;1-7-5-3-2-4-6-7;1-3-9(12(2,10)11)4-5(6,7)8;1-8(11(2,9)10)3-4(5,6)7;;;;;;;;/h2*9-13H,7-8H2,1-6H3;16-18H,1-15H2;1-6H;3H,1,4H2,2H3;1H,3H2,2H3;5*1H;;;/q2*-1;;;;;;;;;;+1;2*+2/p-4. The predicted molar refractivity (Wildman–Crippen MR) is 422 cm³/mol. The van der Waals surface area contributed by atoms with Crippen molar-refractivity contribution in [2.45, 2.75) is 209 Å². The van der Waals surface area contributed by atoms with Gasteiger partial charge in [0.05, 0.1) is 23.2 Å². The van der Waals surface area contributed by atoms with Crippen LogP contribution in [0.2, 0.25) is 0 Å². The first kappa shape index (κ1) is 93.0. The second-order valence-corrected chi connectivity index (χ2v) is 46.3. The molecule has 2 heterocycles. The summed E-state index contributed by atoms with van der Waals surface area (Å²) in [5, 5.41) is 0. The predicted octanol–water partition coefficient (Wildman–Crippen LogP) is 22.1. The van der Waals surface area contributed by atoms with Crippen LogP contribution in [0.5, 0.6) is 0 Å². The molecular weight excluding hydrogens is 1710 g/mol. The van der Waals surface area contributed by atoms with Crippen LogP contribution in [-0.2, 0) is 62.2 Å². The molecule has 5 aliphatic rings. The van der Waals surface area contributed by atoms with Crippen LogP contribution < -0.4 is 19.6 Å². The average molecular weight is 1820 g/mol. The van der Waals surface area contributed by atoms with E-state index >= 15 is 0 Å². The summed E-state index contributed by atoms with van der Waals surface area (Å²) in [4.78, 5) is 9.62. The van der Waals surface area contributed by atoms with Crippen LogP contribution in [0.25, 0.3) is 0 Å². The van der Waals surface area contributed by atoms with Gasteiger partial charge in [-0.25, -0.2) is 8.42 Å². The number of alkyl halides is 6. The van der Waals surface area contributed by atoms with E-state index in [-0.39, 0.29) is 16.5 Å². The summed E-state index contributed by atoms with van der Waals surface area (Å²) in [5.74, 6) is 0. The van der Waals surface area contributed by atoms with Crippen LogP contribution in [0.1, 0.15) is 169 Å². The van der Waals surface area contributed by atoms with E-state index in [4.69, 9.17) is 38.8 Å². The van der Waals surface area contributed by atoms with Crippen molar-refractivity contribution in [3.63, 3.8) is 0 Å². The van der Waals surface area contributed by atoms with Gasteiger partial charge in [-0.15, -0.1) is 0 Å². The van der Waals surface area contributed by atoms with E-state index in [0.717, 1.165) is 36.5 Å². The SMILES string of the molecule is C1CCC([PH+](C2CCCCC2)C2CCCCC2)CC1.C=CN(CC(F)(F)F)S(C)(=O)=O.CS(=O)(=O)N([CH]=[Ru]([Cl])[Cl])CC(F)(F)F.Cc1cc(C)c(N2[CH-]N(c3c(C)cc(C)cc3C)CC2)c(C)c1.Cc1cc(C)c(N2[CH-]N(c3c(C)cc(C)cc3C)CC2)c(C)c1.[Cl][Cu].[Cl][Ru]([Cl])=[CH]c1ccccc1. The summed E-state index contributed by atoms with van der Waals surface area (Å²) < 4.78 is 116. The summed E-state index contributed by atoms with van der Waals surface area (Å²) in [6, 6.07) is 28.1. The van der Waals surface area contributed by atoms with Crippen molar-refractivity contribution in [1.29, 1.82) is 0 Å². The van der Waals surface area contributed by atoms with Gasteiger partial charge in [-0.1, -0.05) is 96.6 Å². The van der Waals surface area contributed by atoms with E-state index in [0.29, 0.717) is 18.7 Å². The van der Waals surface area contributed by atoms with Crippen LogP contribution in [-0.4, -0.2) is 116 Å². The second kappa shape index (κ2) is 44.5. The Kier molecular flexibility index (Phi) is 40.2. The van der Waals surface area contributed by atoms with Gasteiger partial charge in [0.25, 0.3) is 0 Å². The van der Waals surface area contributed by atoms with Crippen molar-refractivity contribution < 1.29 is 85.3 Å². The Balaban J connectivity index is 0.000000267. The molecule has 5 aromatic carbocycles. The summed E-state index contributed by atoms with van der Waals surface area (Å²) in [5.41, 5.74) is 26.5. The minimum absolute atomic E-state index is 0.0465. The Morgan fingerprint density at radius 3 is 0.922 bits per heavy atom. The van der Waals surface area contributed by atoms with Gasteiger partial charge in [0, 0.05) is 63.1 Å². The summed E-state index contributed by atoms with van der Waals surface area (Å²) >= 11 is -0.546. The fourth-order valence-corrected chi connectivity index (χ4v) is 26.7. The molecule has 2 saturated heterocycles. The van der Waals surface area contributed by atoms with Gasteiger partial charge in [-0.2, -0.15) is 26.5 Å². The van der Waals surface area contributed by atoms with Gasteiger partial charge in [-0.3, -0.25) is 4.31 Å². The van der Waals surface area contributed by atoms with Gasteiger partial charge in [0.15, 0.2) is 0 Å². The zero-order valence-corrected chi connectivity index (χ0v) is 72.8. The topological polar surface area (TPSA) is 87.7 Å². The Hall–Kier alpha value is -2.33. The molecule has 0 unspecified atom stereocenters. The van der Waals surface area contributed by atoms with Crippen molar-refractivity contribution in [2.75, 3.05) is 71.4 Å². The summed E-state index contributed by atoms with van der Waals surface area (Å²) in [6.45, 7) is 35.0. The molecule has 0 spiro atoms. The Morgan fingerprint density at radius 1 is 0.466 bits per heavy atom. The molecule has 3 saturated carbocycles.